The van der Waals surface area contributed by atoms with E-state index in [4.69, 9.17) is 15.6 Å². The van der Waals surface area contributed by atoms with E-state index in [2.05, 4.69) is 5.32 Å². The predicted octanol–water partition coefficient (Wildman–Crippen LogP) is -1.40. The molecule has 0 aromatic heterocycles. The van der Waals surface area contributed by atoms with Crippen LogP contribution in [0.25, 0.3) is 0 Å². The smallest absolute Gasteiger partial charge is 0.247 e. The van der Waals surface area contributed by atoms with Crippen LogP contribution in [-0.2, 0) is 9.53 Å². The number of amides is 1. The molecule has 0 aromatic carbocycles. The largest absolute Gasteiger partial charge is 0.382 e. The Labute approximate surface area is 77.2 Å². The Balaban J connectivity index is 2.22. The molecule has 1 heterocycles. The van der Waals surface area contributed by atoms with Crippen LogP contribution in [0.3, 0.4) is 0 Å². The Morgan fingerprint density at radius 2 is 2.54 bits per heavy atom. The van der Waals surface area contributed by atoms with E-state index in [1.54, 1.807) is 0 Å². The SMILES string of the molecule is CC1OCCC1NCC(O)C(N)=O. The number of ether oxygens (including phenoxy) is 1. The highest BCUT2D eigenvalue weighted by Crippen LogP contribution is 2.12. The zero-order valence-corrected chi connectivity index (χ0v) is 7.69. The molecular weight excluding hydrogens is 172 g/mol. The van der Waals surface area contributed by atoms with Gasteiger partial charge < -0.3 is 20.9 Å². The van der Waals surface area contributed by atoms with Gasteiger partial charge in [-0.25, -0.2) is 0 Å². The first-order valence-electron chi connectivity index (χ1n) is 4.43. The second-order valence-electron chi connectivity index (χ2n) is 3.30. The average Bonchev–Trinajstić information content (AvgIpc) is 2.47. The zero-order valence-electron chi connectivity index (χ0n) is 7.69. The summed E-state index contributed by atoms with van der Waals surface area (Å²) in [6, 6.07) is 0.217. The fourth-order valence-electron chi connectivity index (χ4n) is 1.36. The first-order chi connectivity index (χ1) is 6.11. The van der Waals surface area contributed by atoms with Crippen molar-refractivity contribution >= 4 is 5.91 Å². The van der Waals surface area contributed by atoms with Crippen molar-refractivity contribution in [2.75, 3.05) is 13.2 Å². The Morgan fingerprint density at radius 3 is 3.00 bits per heavy atom. The van der Waals surface area contributed by atoms with Crippen molar-refractivity contribution in [3.63, 3.8) is 0 Å². The first kappa shape index (κ1) is 10.4. The molecule has 0 bridgehead atoms. The van der Waals surface area contributed by atoms with Crippen LogP contribution < -0.4 is 11.1 Å². The predicted molar refractivity (Wildman–Crippen MR) is 47.0 cm³/mol. The van der Waals surface area contributed by atoms with Crippen LogP contribution >= 0.6 is 0 Å². The van der Waals surface area contributed by atoms with Crippen LogP contribution in [0.1, 0.15) is 13.3 Å². The highest BCUT2D eigenvalue weighted by atomic mass is 16.5. The maximum absolute atomic E-state index is 10.5. The van der Waals surface area contributed by atoms with E-state index in [1.807, 2.05) is 6.92 Å². The highest BCUT2D eigenvalue weighted by molar-refractivity contribution is 5.78. The van der Waals surface area contributed by atoms with Gasteiger partial charge in [-0.05, 0) is 13.3 Å². The van der Waals surface area contributed by atoms with Crippen molar-refractivity contribution in [1.29, 1.82) is 0 Å². The normalized spacial score (nSPS) is 30.3. The van der Waals surface area contributed by atoms with E-state index >= 15 is 0 Å². The van der Waals surface area contributed by atoms with Crippen molar-refractivity contribution < 1.29 is 14.6 Å². The topological polar surface area (TPSA) is 84.6 Å². The van der Waals surface area contributed by atoms with Gasteiger partial charge in [0.15, 0.2) is 0 Å². The lowest BCUT2D eigenvalue weighted by atomic mass is 10.1. The molecule has 1 saturated heterocycles. The van der Waals surface area contributed by atoms with Crippen LogP contribution in [0.2, 0.25) is 0 Å². The number of aliphatic hydroxyl groups excluding tert-OH is 1. The minimum absolute atomic E-state index is 0.139. The molecule has 1 aliphatic rings. The zero-order chi connectivity index (χ0) is 9.84. The number of nitrogens with one attached hydrogen (secondary N) is 1. The number of carbonyl (C=O) groups is 1. The molecule has 3 atom stereocenters. The van der Waals surface area contributed by atoms with Crippen molar-refractivity contribution in [2.24, 2.45) is 5.73 Å². The summed E-state index contributed by atoms with van der Waals surface area (Å²) in [6.45, 7) is 2.89. The molecule has 0 saturated carbocycles. The van der Waals surface area contributed by atoms with Gasteiger partial charge in [-0.1, -0.05) is 0 Å². The maximum atomic E-state index is 10.5. The van der Waals surface area contributed by atoms with Crippen molar-refractivity contribution in [2.45, 2.75) is 31.6 Å². The van der Waals surface area contributed by atoms with Gasteiger partial charge >= 0.3 is 0 Å². The summed E-state index contributed by atoms with van der Waals surface area (Å²) in [6.07, 6.45) is -0.0556. The van der Waals surface area contributed by atoms with E-state index in [1.165, 1.54) is 0 Å². The van der Waals surface area contributed by atoms with Crippen molar-refractivity contribution in [3.05, 3.63) is 0 Å². The van der Waals surface area contributed by atoms with Gasteiger partial charge in [0.25, 0.3) is 0 Å². The summed E-state index contributed by atoms with van der Waals surface area (Å²) in [5.41, 5.74) is 4.90. The van der Waals surface area contributed by atoms with E-state index < -0.39 is 12.0 Å². The van der Waals surface area contributed by atoms with E-state index in [0.717, 1.165) is 13.0 Å². The molecule has 0 aromatic rings. The summed E-state index contributed by atoms with van der Waals surface area (Å²) in [5.74, 6) is -0.695. The minimum Gasteiger partial charge on any atom is -0.382 e. The number of rotatable bonds is 4. The summed E-state index contributed by atoms with van der Waals surface area (Å²) < 4.78 is 5.30. The number of carbonyl (C=O) groups excluding carboxylic acids is 1. The number of aliphatic hydroxyl groups is 1. The molecule has 5 nitrogen and oxygen atoms in total. The molecular formula is C8H16N2O3. The van der Waals surface area contributed by atoms with Crippen LogP contribution in [0, 0.1) is 0 Å². The third-order valence-electron chi connectivity index (χ3n) is 2.28. The Morgan fingerprint density at radius 1 is 1.85 bits per heavy atom. The quantitative estimate of drug-likeness (QED) is 0.506. The van der Waals surface area contributed by atoms with Crippen LogP contribution in [0.4, 0.5) is 0 Å². The number of hydrogen-bond donors (Lipinski definition) is 3. The molecule has 1 rings (SSSR count). The fraction of sp³-hybridized carbons (Fsp3) is 0.875. The number of primary amides is 1. The molecule has 76 valence electrons. The molecule has 1 fully saturated rings. The second kappa shape index (κ2) is 4.55. The molecule has 0 spiro atoms. The number of nitrogens with two attached hydrogens (primary N) is 1. The standard InChI is InChI=1S/C8H16N2O3/c1-5-6(2-3-13-5)10-4-7(11)8(9)12/h5-7,10-11H,2-4H2,1H3,(H2,9,12). The first-order valence-corrected chi connectivity index (χ1v) is 4.43. The van der Waals surface area contributed by atoms with Gasteiger partial charge in [0.2, 0.25) is 5.91 Å². The van der Waals surface area contributed by atoms with E-state index in [9.17, 15) is 4.79 Å². The molecule has 1 aliphatic heterocycles. The summed E-state index contributed by atoms with van der Waals surface area (Å²) >= 11 is 0. The highest BCUT2D eigenvalue weighted by Gasteiger charge is 2.24. The van der Waals surface area contributed by atoms with Gasteiger partial charge in [-0.3, -0.25) is 4.79 Å². The molecule has 1 amide bonds. The number of hydrogen-bond acceptors (Lipinski definition) is 4. The minimum atomic E-state index is -1.10. The van der Waals surface area contributed by atoms with Gasteiger partial charge in [-0.2, -0.15) is 0 Å². The maximum Gasteiger partial charge on any atom is 0.247 e. The lowest BCUT2D eigenvalue weighted by Crippen LogP contribution is -2.43. The van der Waals surface area contributed by atoms with Gasteiger partial charge in [0, 0.05) is 19.2 Å². The lowest BCUT2D eigenvalue weighted by Gasteiger charge is -2.17. The Bertz CT molecular complexity index is 186. The van der Waals surface area contributed by atoms with Gasteiger partial charge in [-0.15, -0.1) is 0 Å². The fourth-order valence-corrected chi connectivity index (χ4v) is 1.36. The lowest BCUT2D eigenvalue weighted by molar-refractivity contribution is -0.125. The Kier molecular flexibility index (Phi) is 3.65. The molecule has 0 aliphatic carbocycles. The summed E-state index contributed by atoms with van der Waals surface area (Å²) in [5, 5.41) is 12.1. The van der Waals surface area contributed by atoms with E-state index in [-0.39, 0.29) is 18.7 Å². The van der Waals surface area contributed by atoms with Crippen molar-refractivity contribution in [3.8, 4) is 0 Å². The van der Waals surface area contributed by atoms with Crippen LogP contribution in [-0.4, -0.2) is 42.4 Å². The molecule has 4 N–H and O–H groups in total. The second-order valence-corrected chi connectivity index (χ2v) is 3.30. The van der Waals surface area contributed by atoms with Gasteiger partial charge in [0.05, 0.1) is 6.10 Å². The molecule has 13 heavy (non-hydrogen) atoms. The molecule has 3 unspecified atom stereocenters. The van der Waals surface area contributed by atoms with Crippen LogP contribution in [0.5, 0.6) is 0 Å². The van der Waals surface area contributed by atoms with Crippen molar-refractivity contribution in [1.82, 2.24) is 5.32 Å². The third kappa shape index (κ3) is 2.95. The third-order valence-corrected chi connectivity index (χ3v) is 2.28. The van der Waals surface area contributed by atoms with Gasteiger partial charge in [0.1, 0.15) is 6.10 Å². The monoisotopic (exact) mass is 188 g/mol. The molecule has 0 radical (unpaired) electrons. The molecule has 5 heteroatoms. The summed E-state index contributed by atoms with van der Waals surface area (Å²) in [4.78, 5) is 10.5. The average molecular weight is 188 g/mol. The summed E-state index contributed by atoms with van der Waals surface area (Å²) in [7, 11) is 0. The Hall–Kier alpha value is -0.650. The van der Waals surface area contributed by atoms with Crippen LogP contribution in [0.15, 0.2) is 0 Å². The van der Waals surface area contributed by atoms with E-state index in [0.29, 0.717) is 0 Å².